The zero-order valence-corrected chi connectivity index (χ0v) is 54.5. The molecule has 87 heavy (non-hydrogen) atoms. The highest BCUT2D eigenvalue weighted by Gasteiger charge is 2.51. The second-order valence-corrected chi connectivity index (χ2v) is 24.3. The van der Waals surface area contributed by atoms with Gasteiger partial charge >= 0.3 is 0 Å². The number of amides is 1. The van der Waals surface area contributed by atoms with Gasteiger partial charge in [-0.2, -0.15) is 0 Å². The fraction of sp³-hybridized carbons (Fsp3) is 0.767. The lowest BCUT2D eigenvalue weighted by molar-refractivity contribution is -0.359. The van der Waals surface area contributed by atoms with Crippen LogP contribution < -0.4 is 5.32 Å². The van der Waals surface area contributed by atoms with Gasteiger partial charge in [-0.05, 0) is 89.9 Å². The minimum Gasteiger partial charge on any atom is -0.394 e. The third-order valence-corrected chi connectivity index (χ3v) is 16.5. The Labute approximate surface area is 528 Å². The monoisotopic (exact) mass is 1230 g/mol. The van der Waals surface area contributed by atoms with Crippen molar-refractivity contribution in [2.45, 2.75) is 338 Å². The Bertz CT molecular complexity index is 1830. The number of rotatable bonds is 56. The van der Waals surface area contributed by atoms with Gasteiger partial charge in [0, 0.05) is 6.42 Å². The molecule has 0 aromatic carbocycles. The van der Waals surface area contributed by atoms with Crippen molar-refractivity contribution >= 4 is 5.91 Å². The van der Waals surface area contributed by atoms with Crippen LogP contribution in [0, 0.1) is 0 Å². The van der Waals surface area contributed by atoms with Crippen molar-refractivity contribution in [3.05, 3.63) is 97.2 Å². The summed E-state index contributed by atoms with van der Waals surface area (Å²) in [5.41, 5.74) is 0. The molecule has 0 aromatic rings. The molecule has 14 nitrogen and oxygen atoms in total. The van der Waals surface area contributed by atoms with Gasteiger partial charge in [0.15, 0.2) is 12.6 Å². The molecule has 2 aliphatic rings. The van der Waals surface area contributed by atoms with Gasteiger partial charge < -0.3 is 65.1 Å². The molecule has 2 fully saturated rings. The van der Waals surface area contributed by atoms with E-state index in [-0.39, 0.29) is 18.9 Å². The molecule has 2 saturated heterocycles. The minimum absolute atomic E-state index is 0.242. The maximum atomic E-state index is 13.3. The molecule has 2 aliphatic heterocycles. The number of aliphatic hydroxyl groups excluding tert-OH is 8. The summed E-state index contributed by atoms with van der Waals surface area (Å²) in [5.74, 6) is -0.274. The van der Waals surface area contributed by atoms with Crippen LogP contribution in [0.15, 0.2) is 97.2 Å². The third-order valence-electron chi connectivity index (χ3n) is 16.5. The van der Waals surface area contributed by atoms with Gasteiger partial charge in [0.1, 0.15) is 48.8 Å². The largest absolute Gasteiger partial charge is 0.394 e. The van der Waals surface area contributed by atoms with Crippen molar-refractivity contribution in [1.29, 1.82) is 0 Å². The zero-order valence-electron chi connectivity index (χ0n) is 54.5. The van der Waals surface area contributed by atoms with Crippen molar-refractivity contribution in [2.75, 3.05) is 19.8 Å². The first-order valence-electron chi connectivity index (χ1n) is 35.0. The van der Waals surface area contributed by atoms with Crippen LogP contribution in [-0.4, -0.2) is 140 Å². The average molecular weight is 1230 g/mol. The predicted octanol–water partition coefficient (Wildman–Crippen LogP) is 14.2. The number of carbonyl (C=O) groups excluding carboxylic acids is 1. The Morgan fingerprint density at radius 1 is 0.425 bits per heavy atom. The first-order chi connectivity index (χ1) is 42.6. The molecule has 12 atom stereocenters. The Balaban J connectivity index is 1.71. The summed E-state index contributed by atoms with van der Waals surface area (Å²) in [7, 11) is 0. The Kier molecular flexibility index (Phi) is 52.3. The van der Waals surface area contributed by atoms with E-state index in [9.17, 15) is 45.6 Å². The molecule has 14 heteroatoms. The number of hydrogen-bond donors (Lipinski definition) is 9. The van der Waals surface area contributed by atoms with Crippen molar-refractivity contribution in [1.82, 2.24) is 5.32 Å². The van der Waals surface area contributed by atoms with Gasteiger partial charge in [-0.3, -0.25) is 4.79 Å². The number of carbonyl (C=O) groups is 1. The lowest BCUT2D eigenvalue weighted by Gasteiger charge is -2.46. The topological polar surface area (TPSA) is 228 Å². The molecule has 1 amide bonds. The standard InChI is InChI=1S/C73H127NO13/c1-3-5-7-9-11-13-15-17-19-21-23-25-26-27-28-29-30-31-32-33-34-35-37-38-40-42-44-46-48-50-52-54-56-62(77)61(60-84-72-70(83)68(81)71(64(59-76)86-72)87-73-69(82)67(80)66(79)63(58-75)85-73)74-65(78)57-55-53-51-49-47-45-43-41-39-36-24-22-20-18-16-14-12-10-8-6-4-2/h6,8,12,14,18,20,24,36,38,40-41,43,46,48,54,56,61-64,66-73,75-77,79-83H,3-5,7,9-11,13,15-17,19,21-23,25-35,37,39,42,44-45,47,49-53,55,57-60H2,1-2H3,(H,74,78)/b8-6-,14-12-,20-18-,36-24-,40-38+,43-41-,48-46+,56-54+. The molecule has 0 radical (unpaired) electrons. The van der Waals surface area contributed by atoms with E-state index in [1.54, 1.807) is 6.08 Å². The van der Waals surface area contributed by atoms with Gasteiger partial charge in [-0.25, -0.2) is 0 Å². The SMILES string of the molecule is CC/C=C\C/C=C\C/C=C\C/C=C\C/C=C\CCCCCCCC(=O)NC(COC1OC(CO)C(OC2OC(CO)C(O)C(O)C2O)C(O)C1O)C(O)/C=C/CC/C=C/CC/C=C/CCCCCCCCCCCCCCCCCCCCCCCC. The van der Waals surface area contributed by atoms with Crippen molar-refractivity contribution < 1.29 is 64.6 Å². The average Bonchev–Trinajstić information content (AvgIpc) is 1.56. The van der Waals surface area contributed by atoms with E-state index in [1.807, 2.05) is 6.08 Å². The number of nitrogens with one attached hydrogen (secondary N) is 1. The molecular weight excluding hydrogens is 1100 g/mol. The van der Waals surface area contributed by atoms with Crippen LogP contribution in [0.4, 0.5) is 0 Å². The maximum Gasteiger partial charge on any atom is 0.220 e. The quantitative estimate of drug-likeness (QED) is 0.0204. The van der Waals surface area contributed by atoms with E-state index < -0.39 is 86.8 Å². The van der Waals surface area contributed by atoms with E-state index >= 15 is 0 Å². The Morgan fingerprint density at radius 2 is 0.805 bits per heavy atom. The molecule has 0 aliphatic carbocycles. The Morgan fingerprint density at radius 3 is 1.26 bits per heavy atom. The van der Waals surface area contributed by atoms with Gasteiger partial charge in [0.05, 0.1) is 32.0 Å². The van der Waals surface area contributed by atoms with E-state index in [0.717, 1.165) is 89.9 Å². The summed E-state index contributed by atoms with van der Waals surface area (Å²) < 4.78 is 22.8. The summed E-state index contributed by atoms with van der Waals surface area (Å²) in [5, 5.41) is 87.3. The highest BCUT2D eigenvalue weighted by atomic mass is 16.7. The van der Waals surface area contributed by atoms with Crippen molar-refractivity contribution in [3.63, 3.8) is 0 Å². The summed E-state index contributed by atoms with van der Waals surface area (Å²) in [6.45, 7) is 2.66. The molecule has 0 bridgehead atoms. The summed E-state index contributed by atoms with van der Waals surface area (Å²) in [4.78, 5) is 13.3. The summed E-state index contributed by atoms with van der Waals surface area (Å²) in [6.07, 6.45) is 63.3. The number of unbranched alkanes of at least 4 members (excludes halogenated alkanes) is 29. The van der Waals surface area contributed by atoms with Crippen LogP contribution in [0.1, 0.15) is 264 Å². The second kappa shape index (κ2) is 56.9. The lowest BCUT2D eigenvalue weighted by Crippen LogP contribution is -2.65. The van der Waals surface area contributed by atoms with Crippen molar-refractivity contribution in [2.24, 2.45) is 0 Å². The van der Waals surface area contributed by atoms with E-state index in [4.69, 9.17) is 18.9 Å². The van der Waals surface area contributed by atoms with Gasteiger partial charge in [-0.1, -0.05) is 265 Å². The number of ether oxygens (including phenoxy) is 4. The van der Waals surface area contributed by atoms with Crippen LogP contribution in [0.3, 0.4) is 0 Å². The number of hydrogen-bond acceptors (Lipinski definition) is 13. The fourth-order valence-electron chi connectivity index (χ4n) is 10.9. The van der Waals surface area contributed by atoms with E-state index in [0.29, 0.717) is 12.8 Å². The normalized spacial score (nSPS) is 23.9. The lowest BCUT2D eigenvalue weighted by atomic mass is 9.97. The highest BCUT2D eigenvalue weighted by Crippen LogP contribution is 2.30. The fourth-order valence-corrected chi connectivity index (χ4v) is 10.9. The van der Waals surface area contributed by atoms with Crippen LogP contribution in [-0.2, 0) is 23.7 Å². The summed E-state index contributed by atoms with van der Waals surface area (Å²) in [6, 6.07) is -0.957. The van der Waals surface area contributed by atoms with Crippen LogP contribution >= 0.6 is 0 Å². The maximum absolute atomic E-state index is 13.3. The molecule has 0 spiro atoms. The van der Waals surface area contributed by atoms with Gasteiger partial charge in [-0.15, -0.1) is 0 Å². The van der Waals surface area contributed by atoms with Gasteiger partial charge in [0.2, 0.25) is 5.91 Å². The third kappa shape index (κ3) is 41.1. The predicted molar refractivity (Wildman–Crippen MR) is 355 cm³/mol. The molecule has 0 aromatic heterocycles. The zero-order chi connectivity index (χ0) is 63.1. The molecular formula is C73H127NO13. The molecule has 2 rings (SSSR count). The molecule has 9 N–H and O–H groups in total. The smallest absolute Gasteiger partial charge is 0.220 e. The first-order valence-corrected chi connectivity index (χ1v) is 35.0. The van der Waals surface area contributed by atoms with Gasteiger partial charge in [0.25, 0.3) is 0 Å². The first kappa shape index (κ1) is 80.0. The summed E-state index contributed by atoms with van der Waals surface area (Å²) >= 11 is 0. The van der Waals surface area contributed by atoms with Crippen LogP contribution in [0.25, 0.3) is 0 Å². The van der Waals surface area contributed by atoms with Crippen LogP contribution in [0.2, 0.25) is 0 Å². The Hall–Kier alpha value is -3.09. The van der Waals surface area contributed by atoms with Crippen LogP contribution in [0.5, 0.6) is 0 Å². The highest BCUT2D eigenvalue weighted by molar-refractivity contribution is 5.76. The second-order valence-electron chi connectivity index (χ2n) is 24.3. The molecule has 12 unspecified atom stereocenters. The van der Waals surface area contributed by atoms with E-state index in [2.05, 4.69) is 104 Å². The molecule has 502 valence electrons. The number of allylic oxidation sites excluding steroid dienone is 15. The van der Waals surface area contributed by atoms with Crippen molar-refractivity contribution in [3.8, 4) is 0 Å². The molecule has 2 heterocycles. The van der Waals surface area contributed by atoms with E-state index in [1.165, 1.54) is 141 Å². The molecule has 0 saturated carbocycles. The number of aliphatic hydroxyl groups is 8. The minimum atomic E-state index is -1.80.